The van der Waals surface area contributed by atoms with Crippen LogP contribution in [0.25, 0.3) is 0 Å². The molecule has 2 N–H and O–H groups in total. The fraction of sp³-hybridized carbons (Fsp3) is 0.370. The smallest absolute Gasteiger partial charge is 0.406 e. The van der Waals surface area contributed by atoms with E-state index < -0.39 is 63.9 Å². The molecule has 11 nitrogen and oxygen atoms in total. The number of hydrogen-bond donors (Lipinski definition) is 2. The minimum atomic E-state index is -4.98. The van der Waals surface area contributed by atoms with Gasteiger partial charge in [-0.25, -0.2) is 22.0 Å². The van der Waals surface area contributed by atoms with Crippen molar-refractivity contribution in [3.63, 3.8) is 0 Å². The second-order valence-electron chi connectivity index (χ2n) is 9.83. The highest BCUT2D eigenvalue weighted by atomic mass is 32.2. The number of hydrogen-bond acceptors (Lipinski definition) is 7. The second-order valence-corrected chi connectivity index (χ2v) is 11.7. The number of amides is 3. The Labute approximate surface area is 249 Å². The summed E-state index contributed by atoms with van der Waals surface area (Å²) in [6.07, 6.45) is -5.38. The number of ether oxygens (including phenoxy) is 1. The molecule has 3 aromatic rings. The van der Waals surface area contributed by atoms with Gasteiger partial charge in [0.15, 0.2) is 0 Å². The highest BCUT2D eigenvalue weighted by Crippen LogP contribution is 2.31. The van der Waals surface area contributed by atoms with Gasteiger partial charge < -0.3 is 19.5 Å². The van der Waals surface area contributed by atoms with E-state index in [2.05, 4.69) is 20.5 Å². The summed E-state index contributed by atoms with van der Waals surface area (Å²) in [6, 6.07) is 8.01. The molecule has 44 heavy (non-hydrogen) atoms. The standard InChI is InChI=1S/C27H28F5N5O6S/c1-3-26(28,29)19-6-4-18(5-7-19)15-33-24(38)22-16-36(25(39)34-23-14-17(2)35-43-23)12-13-37(22)44(40,41)21-10-8-20(9-11-21)42-27(30,31)32/h4-11,14,22H,3,12-13,15-16H2,1-2H3,(H,33,38)(H,34,39). The number of nitrogens with one attached hydrogen (secondary N) is 2. The van der Waals surface area contributed by atoms with Gasteiger partial charge >= 0.3 is 12.4 Å². The Morgan fingerprint density at radius 1 is 1.05 bits per heavy atom. The van der Waals surface area contributed by atoms with E-state index >= 15 is 0 Å². The van der Waals surface area contributed by atoms with Crippen molar-refractivity contribution in [3.05, 3.63) is 71.4 Å². The summed E-state index contributed by atoms with van der Waals surface area (Å²) in [5, 5.41) is 8.72. The van der Waals surface area contributed by atoms with Crippen LogP contribution in [0, 0.1) is 6.92 Å². The van der Waals surface area contributed by atoms with E-state index in [9.17, 15) is 40.0 Å². The number of carbonyl (C=O) groups is 2. The monoisotopic (exact) mass is 645 g/mol. The molecular weight excluding hydrogens is 617 g/mol. The lowest BCUT2D eigenvalue weighted by Crippen LogP contribution is -2.61. The molecule has 4 rings (SSSR count). The number of halogens is 5. The molecule has 1 atom stereocenters. The number of aryl methyl sites for hydroxylation is 1. The molecule has 1 fully saturated rings. The van der Waals surface area contributed by atoms with Crippen molar-refractivity contribution in [2.24, 2.45) is 0 Å². The van der Waals surface area contributed by atoms with Gasteiger partial charge in [-0.05, 0) is 36.8 Å². The number of nitrogens with zero attached hydrogens (tertiary/aromatic N) is 3. The third-order valence-electron chi connectivity index (χ3n) is 6.73. The van der Waals surface area contributed by atoms with Crippen molar-refractivity contribution in [3.8, 4) is 5.75 Å². The summed E-state index contributed by atoms with van der Waals surface area (Å²) in [5.74, 6) is -4.44. The molecular formula is C27H28F5N5O6S. The van der Waals surface area contributed by atoms with Crippen LogP contribution in [-0.4, -0.2) is 66.8 Å². The fourth-order valence-electron chi connectivity index (χ4n) is 4.39. The van der Waals surface area contributed by atoms with E-state index in [1.165, 1.54) is 42.2 Å². The molecule has 0 spiro atoms. The zero-order valence-electron chi connectivity index (χ0n) is 23.4. The molecule has 0 aliphatic carbocycles. The number of piperazine rings is 1. The van der Waals surface area contributed by atoms with Crippen LogP contribution in [-0.2, 0) is 27.3 Å². The van der Waals surface area contributed by atoms with Crippen molar-refractivity contribution in [1.82, 2.24) is 19.7 Å². The summed E-state index contributed by atoms with van der Waals surface area (Å²) < 4.78 is 102. The number of carbonyl (C=O) groups excluding carboxylic acids is 2. The zero-order chi connectivity index (χ0) is 32.3. The predicted octanol–water partition coefficient (Wildman–Crippen LogP) is 4.61. The van der Waals surface area contributed by atoms with Crippen molar-refractivity contribution >= 4 is 27.8 Å². The van der Waals surface area contributed by atoms with Crippen LogP contribution < -0.4 is 15.4 Å². The van der Waals surface area contributed by atoms with Crippen LogP contribution in [0.5, 0.6) is 5.75 Å². The second kappa shape index (κ2) is 12.8. The van der Waals surface area contributed by atoms with Crippen LogP contribution in [0.2, 0.25) is 0 Å². The van der Waals surface area contributed by atoms with Crippen LogP contribution in [0.1, 0.15) is 30.2 Å². The van der Waals surface area contributed by atoms with Gasteiger partial charge in [0.2, 0.25) is 21.8 Å². The largest absolute Gasteiger partial charge is 0.573 e. The third-order valence-corrected chi connectivity index (χ3v) is 8.65. The van der Waals surface area contributed by atoms with E-state index in [4.69, 9.17) is 4.52 Å². The third kappa shape index (κ3) is 7.82. The summed E-state index contributed by atoms with van der Waals surface area (Å²) in [5.41, 5.74) is 0.746. The summed E-state index contributed by atoms with van der Waals surface area (Å²) in [6.45, 7) is 1.94. The van der Waals surface area contributed by atoms with E-state index in [-0.39, 0.29) is 31.1 Å². The first-order valence-electron chi connectivity index (χ1n) is 13.2. The number of rotatable bonds is 9. The number of sulfonamides is 1. The quantitative estimate of drug-likeness (QED) is 0.325. The van der Waals surface area contributed by atoms with Gasteiger partial charge in [-0.2, -0.15) is 4.31 Å². The Morgan fingerprint density at radius 2 is 1.70 bits per heavy atom. The average molecular weight is 646 g/mol. The fourth-order valence-corrected chi connectivity index (χ4v) is 5.96. The molecule has 1 aliphatic heterocycles. The van der Waals surface area contributed by atoms with Crippen LogP contribution in [0.4, 0.5) is 32.6 Å². The van der Waals surface area contributed by atoms with Gasteiger partial charge in [0.1, 0.15) is 11.8 Å². The Hall–Kier alpha value is -4.25. The molecule has 238 valence electrons. The van der Waals surface area contributed by atoms with Crippen molar-refractivity contribution in [1.29, 1.82) is 0 Å². The van der Waals surface area contributed by atoms with Crippen molar-refractivity contribution < 1.29 is 49.2 Å². The van der Waals surface area contributed by atoms with E-state index in [1.54, 1.807) is 6.92 Å². The Bertz CT molecular complexity index is 1580. The maximum absolute atomic E-state index is 14.0. The maximum atomic E-state index is 14.0. The Balaban J connectivity index is 1.54. The first-order valence-corrected chi connectivity index (χ1v) is 14.6. The van der Waals surface area contributed by atoms with Crippen LogP contribution >= 0.6 is 0 Å². The van der Waals surface area contributed by atoms with E-state index in [0.29, 0.717) is 11.3 Å². The molecule has 2 aromatic carbocycles. The molecule has 17 heteroatoms. The number of alkyl halides is 5. The van der Waals surface area contributed by atoms with Crippen LogP contribution in [0.3, 0.4) is 0 Å². The van der Waals surface area contributed by atoms with Gasteiger partial charge in [0, 0.05) is 44.2 Å². The lowest BCUT2D eigenvalue weighted by Gasteiger charge is -2.39. The number of anilines is 1. The average Bonchev–Trinajstić information content (AvgIpc) is 3.39. The zero-order valence-corrected chi connectivity index (χ0v) is 24.2. The van der Waals surface area contributed by atoms with Gasteiger partial charge in [-0.1, -0.05) is 36.3 Å². The van der Waals surface area contributed by atoms with E-state index in [0.717, 1.165) is 28.6 Å². The van der Waals surface area contributed by atoms with Crippen LogP contribution in [0.15, 0.2) is 64.0 Å². The van der Waals surface area contributed by atoms with E-state index in [1.807, 2.05) is 0 Å². The molecule has 1 aliphatic rings. The molecule has 1 saturated heterocycles. The molecule has 0 saturated carbocycles. The van der Waals surface area contributed by atoms with Crippen molar-refractivity contribution in [2.75, 3.05) is 25.0 Å². The molecule has 2 heterocycles. The lowest BCUT2D eigenvalue weighted by molar-refractivity contribution is -0.274. The molecule has 0 bridgehead atoms. The molecule has 1 aromatic heterocycles. The highest BCUT2D eigenvalue weighted by molar-refractivity contribution is 7.89. The Kier molecular flexibility index (Phi) is 9.48. The Morgan fingerprint density at radius 3 is 2.27 bits per heavy atom. The molecule has 1 unspecified atom stereocenters. The predicted molar refractivity (Wildman–Crippen MR) is 145 cm³/mol. The maximum Gasteiger partial charge on any atom is 0.573 e. The van der Waals surface area contributed by atoms with Gasteiger partial charge in [0.25, 0.3) is 5.92 Å². The summed E-state index contributed by atoms with van der Waals surface area (Å²) >= 11 is 0. The number of urea groups is 1. The van der Waals surface area contributed by atoms with Gasteiger partial charge in [0.05, 0.1) is 10.6 Å². The number of benzene rings is 2. The van der Waals surface area contributed by atoms with Gasteiger partial charge in [-0.15, -0.1) is 13.2 Å². The SMILES string of the molecule is CCC(F)(F)c1ccc(CNC(=O)C2CN(C(=O)Nc3cc(C)no3)CCN2S(=O)(=O)c2ccc(OC(F)(F)F)cc2)cc1. The normalized spacial score (nSPS) is 16.4. The number of aromatic nitrogens is 1. The molecule has 0 radical (unpaired) electrons. The minimum Gasteiger partial charge on any atom is -0.406 e. The lowest BCUT2D eigenvalue weighted by atomic mass is 10.0. The topological polar surface area (TPSA) is 134 Å². The first-order chi connectivity index (χ1) is 20.6. The first kappa shape index (κ1) is 32.7. The van der Waals surface area contributed by atoms with Gasteiger partial charge in [-0.3, -0.25) is 10.1 Å². The summed E-state index contributed by atoms with van der Waals surface area (Å²) in [7, 11) is -4.46. The highest BCUT2D eigenvalue weighted by Gasteiger charge is 2.42. The molecule has 3 amide bonds. The minimum absolute atomic E-state index is 0.0295. The van der Waals surface area contributed by atoms with Crippen molar-refractivity contribution in [2.45, 2.75) is 50.0 Å². The summed E-state index contributed by atoms with van der Waals surface area (Å²) in [4.78, 5) is 27.1.